The van der Waals surface area contributed by atoms with E-state index in [0.717, 1.165) is 29.8 Å². The quantitative estimate of drug-likeness (QED) is 0.545. The number of nitrogens with one attached hydrogen (secondary N) is 3. The molecular formula is C18H27ClN4O. The lowest BCUT2D eigenvalue weighted by Gasteiger charge is -2.23. The van der Waals surface area contributed by atoms with E-state index in [1.54, 1.807) is 7.05 Å². The first kappa shape index (κ1) is 18.6. The van der Waals surface area contributed by atoms with Crippen molar-refractivity contribution in [1.82, 2.24) is 16.0 Å². The molecule has 0 saturated heterocycles. The summed E-state index contributed by atoms with van der Waals surface area (Å²) in [6.45, 7) is 0.940. The molecule has 24 heavy (non-hydrogen) atoms. The van der Waals surface area contributed by atoms with E-state index >= 15 is 0 Å². The maximum absolute atomic E-state index is 12.0. The third-order valence-electron chi connectivity index (χ3n) is 4.25. The van der Waals surface area contributed by atoms with Crippen molar-refractivity contribution in [2.45, 2.75) is 44.6 Å². The second kappa shape index (κ2) is 10.2. The molecule has 3 N–H and O–H groups in total. The number of aliphatic imine (C=N–C) groups is 1. The maximum atomic E-state index is 12.0. The summed E-state index contributed by atoms with van der Waals surface area (Å²) in [7, 11) is 1.70. The van der Waals surface area contributed by atoms with Gasteiger partial charge < -0.3 is 16.0 Å². The van der Waals surface area contributed by atoms with Gasteiger partial charge in [0, 0.05) is 24.7 Å². The zero-order valence-corrected chi connectivity index (χ0v) is 15.0. The van der Waals surface area contributed by atoms with E-state index in [-0.39, 0.29) is 12.5 Å². The van der Waals surface area contributed by atoms with Gasteiger partial charge in [-0.2, -0.15) is 0 Å². The number of carbonyl (C=O) groups is 1. The molecule has 0 aromatic heterocycles. The van der Waals surface area contributed by atoms with E-state index in [0.29, 0.717) is 18.5 Å². The highest BCUT2D eigenvalue weighted by atomic mass is 35.5. The molecular weight excluding hydrogens is 324 g/mol. The van der Waals surface area contributed by atoms with Crippen molar-refractivity contribution < 1.29 is 4.79 Å². The molecule has 0 spiro atoms. The third kappa shape index (κ3) is 6.40. The van der Waals surface area contributed by atoms with Gasteiger partial charge in [0.1, 0.15) is 0 Å². The van der Waals surface area contributed by atoms with Crippen LogP contribution in [0.4, 0.5) is 0 Å². The van der Waals surface area contributed by atoms with Gasteiger partial charge in [-0.15, -0.1) is 0 Å². The Hall–Kier alpha value is -1.75. The second-order valence-corrected chi connectivity index (χ2v) is 6.50. The van der Waals surface area contributed by atoms with Gasteiger partial charge in [0.2, 0.25) is 5.91 Å². The fraction of sp³-hybridized carbons (Fsp3) is 0.556. The molecule has 6 heteroatoms. The molecule has 1 saturated carbocycles. The molecule has 2 rings (SSSR count). The summed E-state index contributed by atoms with van der Waals surface area (Å²) in [6, 6.07) is 8.13. The van der Waals surface area contributed by atoms with Crippen LogP contribution in [0, 0.1) is 0 Å². The predicted molar refractivity (Wildman–Crippen MR) is 99.5 cm³/mol. The summed E-state index contributed by atoms with van der Waals surface area (Å²) >= 11 is 6.14. The average molecular weight is 351 g/mol. The van der Waals surface area contributed by atoms with E-state index in [1.807, 2.05) is 24.3 Å². The third-order valence-corrected chi connectivity index (χ3v) is 4.62. The Balaban J connectivity index is 1.66. The van der Waals surface area contributed by atoms with Crippen LogP contribution in [0.25, 0.3) is 0 Å². The first-order valence-corrected chi connectivity index (χ1v) is 9.04. The number of nitrogens with zero attached hydrogens (tertiary/aromatic N) is 1. The van der Waals surface area contributed by atoms with Gasteiger partial charge in [-0.25, -0.2) is 0 Å². The van der Waals surface area contributed by atoms with E-state index in [4.69, 9.17) is 11.6 Å². The van der Waals surface area contributed by atoms with Crippen molar-refractivity contribution in [3.63, 3.8) is 0 Å². The van der Waals surface area contributed by atoms with Gasteiger partial charge in [-0.1, -0.05) is 49.1 Å². The standard InChI is InChI=1S/C18H27ClN4O/c1-20-18(21-12-11-14-7-5-6-10-16(14)19)22-13-17(24)23-15-8-3-2-4-9-15/h5-7,10,15H,2-4,8-9,11-13H2,1H3,(H,23,24)(H2,20,21,22). The van der Waals surface area contributed by atoms with Crippen LogP contribution in [0.3, 0.4) is 0 Å². The molecule has 1 amide bonds. The Kier molecular flexibility index (Phi) is 7.89. The van der Waals surface area contributed by atoms with Crippen molar-refractivity contribution >= 4 is 23.5 Å². The van der Waals surface area contributed by atoms with Gasteiger partial charge >= 0.3 is 0 Å². The van der Waals surface area contributed by atoms with E-state index in [2.05, 4.69) is 20.9 Å². The minimum Gasteiger partial charge on any atom is -0.356 e. The zero-order chi connectivity index (χ0) is 17.2. The van der Waals surface area contributed by atoms with Crippen LogP contribution in [0.1, 0.15) is 37.7 Å². The Morgan fingerprint density at radius 3 is 2.67 bits per heavy atom. The SMILES string of the molecule is CN=C(NCCc1ccccc1Cl)NCC(=O)NC1CCCCC1. The van der Waals surface area contributed by atoms with Gasteiger partial charge in [0.15, 0.2) is 5.96 Å². The van der Waals surface area contributed by atoms with Crippen molar-refractivity contribution in [2.75, 3.05) is 20.1 Å². The highest BCUT2D eigenvalue weighted by Crippen LogP contribution is 2.17. The molecule has 1 aromatic carbocycles. The van der Waals surface area contributed by atoms with Gasteiger partial charge in [0.25, 0.3) is 0 Å². The molecule has 0 heterocycles. The maximum Gasteiger partial charge on any atom is 0.239 e. The molecule has 0 bridgehead atoms. The highest BCUT2D eigenvalue weighted by molar-refractivity contribution is 6.31. The normalized spacial score (nSPS) is 15.8. The molecule has 1 aliphatic carbocycles. The Morgan fingerprint density at radius 1 is 1.21 bits per heavy atom. The number of amides is 1. The van der Waals surface area contributed by atoms with Crippen molar-refractivity contribution in [3.8, 4) is 0 Å². The number of hydrogen-bond donors (Lipinski definition) is 3. The number of rotatable bonds is 6. The number of hydrogen-bond acceptors (Lipinski definition) is 2. The lowest BCUT2D eigenvalue weighted by molar-refractivity contribution is -0.120. The Labute approximate surface area is 149 Å². The first-order valence-electron chi connectivity index (χ1n) is 8.66. The van der Waals surface area contributed by atoms with Crippen LogP contribution in [-0.2, 0) is 11.2 Å². The van der Waals surface area contributed by atoms with Crippen LogP contribution in [0.15, 0.2) is 29.3 Å². The molecule has 1 fully saturated rings. The Bertz CT molecular complexity index is 556. The summed E-state index contributed by atoms with van der Waals surface area (Å²) in [4.78, 5) is 16.1. The van der Waals surface area contributed by atoms with Crippen molar-refractivity contribution in [2.24, 2.45) is 4.99 Å². The lowest BCUT2D eigenvalue weighted by Crippen LogP contribution is -2.46. The Morgan fingerprint density at radius 2 is 1.96 bits per heavy atom. The summed E-state index contributed by atoms with van der Waals surface area (Å²) in [5.41, 5.74) is 1.09. The summed E-state index contributed by atoms with van der Waals surface area (Å²) in [5.74, 6) is 0.650. The van der Waals surface area contributed by atoms with E-state index in [1.165, 1.54) is 19.3 Å². The van der Waals surface area contributed by atoms with Crippen LogP contribution in [-0.4, -0.2) is 38.0 Å². The minimum absolute atomic E-state index is 0.0240. The van der Waals surface area contributed by atoms with Crippen LogP contribution >= 0.6 is 11.6 Å². The average Bonchev–Trinajstić information content (AvgIpc) is 2.60. The fourth-order valence-electron chi connectivity index (χ4n) is 2.93. The lowest BCUT2D eigenvalue weighted by atomic mass is 9.95. The molecule has 0 radical (unpaired) electrons. The van der Waals surface area contributed by atoms with Gasteiger partial charge in [0.05, 0.1) is 6.54 Å². The minimum atomic E-state index is 0.0240. The highest BCUT2D eigenvalue weighted by Gasteiger charge is 2.15. The van der Waals surface area contributed by atoms with Crippen molar-refractivity contribution in [1.29, 1.82) is 0 Å². The van der Waals surface area contributed by atoms with Gasteiger partial charge in [-0.3, -0.25) is 9.79 Å². The van der Waals surface area contributed by atoms with Crippen LogP contribution < -0.4 is 16.0 Å². The second-order valence-electron chi connectivity index (χ2n) is 6.10. The van der Waals surface area contributed by atoms with Crippen LogP contribution in [0.2, 0.25) is 5.02 Å². The molecule has 5 nitrogen and oxygen atoms in total. The zero-order valence-electron chi connectivity index (χ0n) is 14.3. The molecule has 1 aromatic rings. The largest absolute Gasteiger partial charge is 0.356 e. The van der Waals surface area contributed by atoms with Crippen LogP contribution in [0.5, 0.6) is 0 Å². The summed E-state index contributed by atoms with van der Waals surface area (Å²) in [5, 5.41) is 10.1. The number of guanidine groups is 1. The molecule has 0 aliphatic heterocycles. The van der Waals surface area contributed by atoms with E-state index < -0.39 is 0 Å². The van der Waals surface area contributed by atoms with E-state index in [9.17, 15) is 4.79 Å². The smallest absolute Gasteiger partial charge is 0.239 e. The first-order chi connectivity index (χ1) is 11.7. The fourth-order valence-corrected chi connectivity index (χ4v) is 3.16. The summed E-state index contributed by atoms with van der Waals surface area (Å²) in [6.07, 6.45) is 6.70. The number of halogens is 1. The topological polar surface area (TPSA) is 65.5 Å². The predicted octanol–water partition coefficient (Wildman–Crippen LogP) is 2.50. The van der Waals surface area contributed by atoms with Gasteiger partial charge in [-0.05, 0) is 30.9 Å². The number of benzene rings is 1. The molecule has 0 atom stereocenters. The van der Waals surface area contributed by atoms with Crippen molar-refractivity contribution in [3.05, 3.63) is 34.9 Å². The monoisotopic (exact) mass is 350 g/mol. The number of carbonyl (C=O) groups excluding carboxylic acids is 1. The molecule has 132 valence electrons. The molecule has 1 aliphatic rings. The summed E-state index contributed by atoms with van der Waals surface area (Å²) < 4.78 is 0. The molecule has 0 unspecified atom stereocenters.